The molecule has 134 valence electrons. The number of phenolic OH excluding ortho intramolecular Hbond substituents is 1. The molecule has 0 saturated carbocycles. The van der Waals surface area contributed by atoms with Crippen molar-refractivity contribution in [2.45, 2.75) is 12.8 Å². The molecular formula is C19H16ClNO5. The molecule has 2 N–H and O–H groups in total. The number of nitrogens with one attached hydrogen (secondary N) is 1. The number of ether oxygens (including phenoxy) is 1. The first-order valence-corrected chi connectivity index (χ1v) is 8.42. The second-order valence-corrected chi connectivity index (χ2v) is 6.35. The Morgan fingerprint density at radius 2 is 1.88 bits per heavy atom. The average Bonchev–Trinajstić information content (AvgIpc) is 2.60. The molecule has 3 rings (SSSR count). The Morgan fingerprint density at radius 1 is 1.15 bits per heavy atom. The van der Waals surface area contributed by atoms with Crippen LogP contribution in [0.4, 0.5) is 5.69 Å². The van der Waals surface area contributed by atoms with E-state index in [1.54, 1.807) is 24.3 Å². The van der Waals surface area contributed by atoms with E-state index >= 15 is 0 Å². The van der Waals surface area contributed by atoms with Crippen molar-refractivity contribution in [3.63, 3.8) is 0 Å². The molecule has 2 aromatic rings. The fourth-order valence-electron chi connectivity index (χ4n) is 2.72. The average molecular weight is 374 g/mol. The number of aromatic hydroxyl groups is 1. The van der Waals surface area contributed by atoms with Crippen molar-refractivity contribution in [1.82, 2.24) is 0 Å². The molecule has 0 radical (unpaired) electrons. The van der Waals surface area contributed by atoms with Gasteiger partial charge in [0.05, 0.1) is 12.3 Å². The van der Waals surface area contributed by atoms with Crippen LogP contribution in [-0.2, 0) is 20.7 Å². The molecule has 0 fully saturated rings. The van der Waals surface area contributed by atoms with Crippen LogP contribution in [0.5, 0.6) is 5.75 Å². The van der Waals surface area contributed by atoms with Crippen LogP contribution in [-0.4, -0.2) is 29.4 Å². The van der Waals surface area contributed by atoms with Gasteiger partial charge in [-0.05, 0) is 48.7 Å². The van der Waals surface area contributed by atoms with Gasteiger partial charge in [-0.1, -0.05) is 23.7 Å². The van der Waals surface area contributed by atoms with Crippen LogP contribution >= 0.6 is 11.6 Å². The second kappa shape index (κ2) is 7.58. The molecule has 1 amide bonds. The summed E-state index contributed by atoms with van der Waals surface area (Å²) >= 11 is 5.85. The molecule has 0 bridgehead atoms. The van der Waals surface area contributed by atoms with Crippen molar-refractivity contribution in [3.8, 4) is 5.75 Å². The number of phenols is 1. The van der Waals surface area contributed by atoms with Gasteiger partial charge < -0.3 is 15.2 Å². The third kappa shape index (κ3) is 3.86. The highest BCUT2D eigenvalue weighted by Crippen LogP contribution is 2.29. The summed E-state index contributed by atoms with van der Waals surface area (Å²) in [5.41, 5.74) is 1.51. The lowest BCUT2D eigenvalue weighted by Gasteiger charge is -2.22. The number of hydrogen-bond acceptors (Lipinski definition) is 5. The van der Waals surface area contributed by atoms with Gasteiger partial charge in [0, 0.05) is 10.6 Å². The third-order valence-corrected chi connectivity index (χ3v) is 4.29. The fourth-order valence-corrected chi connectivity index (χ4v) is 2.90. The maximum atomic E-state index is 12.4. The van der Waals surface area contributed by atoms with Gasteiger partial charge >= 0.3 is 5.97 Å². The summed E-state index contributed by atoms with van der Waals surface area (Å²) in [5.74, 6) is -3.49. The highest BCUT2D eigenvalue weighted by atomic mass is 35.5. The lowest BCUT2D eigenvalue weighted by molar-refractivity contribution is -0.149. The lowest BCUT2D eigenvalue weighted by Crippen LogP contribution is -2.41. The first kappa shape index (κ1) is 17.9. The zero-order valence-corrected chi connectivity index (χ0v) is 14.5. The monoisotopic (exact) mass is 373 g/mol. The number of aryl methyl sites for hydroxylation is 1. The first-order valence-electron chi connectivity index (χ1n) is 8.05. The van der Waals surface area contributed by atoms with Crippen LogP contribution in [0.1, 0.15) is 22.3 Å². The predicted octanol–water partition coefficient (Wildman–Crippen LogP) is 2.97. The summed E-state index contributed by atoms with van der Waals surface area (Å²) < 4.78 is 5.11. The molecule has 26 heavy (non-hydrogen) atoms. The maximum absolute atomic E-state index is 12.4. The Balaban J connectivity index is 1.57. The molecule has 1 atom stereocenters. The van der Waals surface area contributed by atoms with Gasteiger partial charge in [0.1, 0.15) is 5.75 Å². The Labute approximate surface area is 154 Å². The van der Waals surface area contributed by atoms with Crippen molar-refractivity contribution in [1.29, 1.82) is 0 Å². The van der Waals surface area contributed by atoms with Gasteiger partial charge in [-0.15, -0.1) is 0 Å². The highest BCUT2D eigenvalue weighted by molar-refractivity contribution is 6.33. The zero-order chi connectivity index (χ0) is 18.7. The Bertz CT molecular complexity index is 863. The molecule has 1 unspecified atom stereocenters. The molecule has 0 aliphatic carbocycles. The number of carbonyl (C=O) groups is 3. The van der Waals surface area contributed by atoms with E-state index in [-0.39, 0.29) is 17.9 Å². The minimum absolute atomic E-state index is 0.0875. The van der Waals surface area contributed by atoms with Crippen LogP contribution in [0.25, 0.3) is 0 Å². The maximum Gasteiger partial charge on any atom is 0.326 e. The summed E-state index contributed by atoms with van der Waals surface area (Å²) in [4.78, 5) is 36.7. The molecule has 7 heteroatoms. The largest absolute Gasteiger partial charge is 0.508 e. The van der Waals surface area contributed by atoms with E-state index < -0.39 is 23.6 Å². The van der Waals surface area contributed by atoms with Gasteiger partial charge in [-0.3, -0.25) is 14.4 Å². The van der Waals surface area contributed by atoms with Crippen molar-refractivity contribution in [2.24, 2.45) is 5.92 Å². The van der Waals surface area contributed by atoms with Crippen LogP contribution in [0.3, 0.4) is 0 Å². The highest BCUT2D eigenvalue weighted by Gasteiger charge is 2.40. The van der Waals surface area contributed by atoms with Crippen molar-refractivity contribution in [2.75, 3.05) is 11.9 Å². The van der Waals surface area contributed by atoms with E-state index in [0.29, 0.717) is 23.6 Å². The van der Waals surface area contributed by atoms with Crippen LogP contribution in [0, 0.1) is 5.92 Å². The van der Waals surface area contributed by atoms with Gasteiger partial charge in [-0.2, -0.15) is 0 Å². The number of rotatable bonds is 5. The number of halogens is 1. The standard InChI is InChI=1S/C19H16ClNO5/c20-12-5-8-14-15(10-12)21-18(24)16(17(14)23)19(25)26-9-1-2-11-3-6-13(22)7-4-11/h3-8,10,16,22H,1-2,9H2,(H,21,24). The molecule has 2 aromatic carbocycles. The van der Waals surface area contributed by atoms with Gasteiger partial charge in [0.2, 0.25) is 5.91 Å². The van der Waals surface area contributed by atoms with E-state index in [1.807, 2.05) is 0 Å². The number of carbonyl (C=O) groups excluding carboxylic acids is 3. The van der Waals surface area contributed by atoms with Crippen molar-refractivity contribution in [3.05, 3.63) is 58.6 Å². The smallest absolute Gasteiger partial charge is 0.326 e. The number of hydrogen-bond donors (Lipinski definition) is 2. The second-order valence-electron chi connectivity index (χ2n) is 5.91. The molecule has 0 spiro atoms. The topological polar surface area (TPSA) is 92.7 Å². The summed E-state index contributed by atoms with van der Waals surface area (Å²) in [7, 11) is 0. The molecule has 6 nitrogen and oxygen atoms in total. The first-order chi connectivity index (χ1) is 12.5. The minimum atomic E-state index is -1.50. The lowest BCUT2D eigenvalue weighted by atomic mass is 9.92. The number of esters is 1. The normalized spacial score (nSPS) is 16.0. The molecule has 1 aliphatic rings. The van der Waals surface area contributed by atoms with Gasteiger partial charge in [-0.25, -0.2) is 0 Å². The number of amides is 1. The fraction of sp³-hybridized carbons (Fsp3) is 0.211. The number of benzene rings is 2. The SMILES string of the molecule is O=C1Nc2cc(Cl)ccc2C(=O)C1C(=O)OCCCc1ccc(O)cc1. The quantitative estimate of drug-likeness (QED) is 0.477. The van der Waals surface area contributed by atoms with Gasteiger partial charge in [0.25, 0.3) is 0 Å². The van der Waals surface area contributed by atoms with Crippen molar-refractivity contribution >= 4 is 34.9 Å². The molecule has 0 saturated heterocycles. The molecule has 0 aromatic heterocycles. The summed E-state index contributed by atoms with van der Waals surface area (Å²) in [6.45, 7) is 0.0875. The molecule has 1 aliphatic heterocycles. The number of fused-ring (bicyclic) bond motifs is 1. The Hall–Kier alpha value is -2.86. The van der Waals surface area contributed by atoms with Gasteiger partial charge in [0.15, 0.2) is 11.7 Å². The predicted molar refractivity (Wildman–Crippen MR) is 95.3 cm³/mol. The van der Waals surface area contributed by atoms with Crippen LogP contribution in [0.2, 0.25) is 5.02 Å². The van der Waals surface area contributed by atoms with Crippen molar-refractivity contribution < 1.29 is 24.2 Å². The minimum Gasteiger partial charge on any atom is -0.508 e. The van der Waals surface area contributed by atoms with Crippen LogP contribution in [0.15, 0.2) is 42.5 Å². The molecule has 1 heterocycles. The van der Waals surface area contributed by atoms with E-state index in [0.717, 1.165) is 5.56 Å². The summed E-state index contributed by atoms with van der Waals surface area (Å²) in [6.07, 6.45) is 1.17. The van der Waals surface area contributed by atoms with E-state index in [2.05, 4.69) is 5.32 Å². The number of anilines is 1. The Kier molecular flexibility index (Phi) is 5.23. The summed E-state index contributed by atoms with van der Waals surface area (Å²) in [6, 6.07) is 11.2. The number of Topliss-reactive ketones (excluding diaryl/α,β-unsaturated/α-hetero) is 1. The van der Waals surface area contributed by atoms with Crippen LogP contribution < -0.4 is 5.32 Å². The van der Waals surface area contributed by atoms with E-state index in [9.17, 15) is 19.5 Å². The third-order valence-electron chi connectivity index (χ3n) is 4.06. The zero-order valence-electron chi connectivity index (χ0n) is 13.7. The van der Waals surface area contributed by atoms with E-state index in [4.69, 9.17) is 16.3 Å². The Morgan fingerprint density at radius 3 is 2.62 bits per heavy atom. The number of ketones is 1. The van der Waals surface area contributed by atoms with E-state index in [1.165, 1.54) is 18.2 Å². The molecular weight excluding hydrogens is 358 g/mol. The summed E-state index contributed by atoms with van der Waals surface area (Å²) in [5, 5.41) is 12.1.